The van der Waals surface area contributed by atoms with E-state index in [1.54, 1.807) is 17.0 Å². The molecule has 2 aromatic heterocycles. The lowest BCUT2D eigenvalue weighted by Crippen LogP contribution is -2.14. The van der Waals surface area contributed by atoms with Crippen molar-refractivity contribution in [3.63, 3.8) is 0 Å². The van der Waals surface area contributed by atoms with Crippen LogP contribution in [0.3, 0.4) is 0 Å². The minimum absolute atomic E-state index is 0.0600. The van der Waals surface area contributed by atoms with Crippen molar-refractivity contribution in [2.75, 3.05) is 5.32 Å². The molecule has 4 rings (SSSR count). The molecule has 0 amide bonds. The van der Waals surface area contributed by atoms with Gasteiger partial charge in [0.15, 0.2) is 0 Å². The van der Waals surface area contributed by atoms with Crippen LogP contribution in [0.25, 0.3) is 21.8 Å². The Bertz CT molecular complexity index is 1060. The molecule has 0 aliphatic rings. The minimum atomic E-state index is -0.0600. The number of anilines is 1. The Labute approximate surface area is 139 Å². The van der Waals surface area contributed by atoms with Crippen LogP contribution < -0.4 is 11.0 Å². The third-order valence-corrected chi connectivity index (χ3v) is 4.36. The molecule has 24 heavy (non-hydrogen) atoms. The van der Waals surface area contributed by atoms with E-state index in [-0.39, 0.29) is 5.69 Å². The predicted octanol–water partition coefficient (Wildman–Crippen LogP) is 3.51. The van der Waals surface area contributed by atoms with Gasteiger partial charge < -0.3 is 10.3 Å². The van der Waals surface area contributed by atoms with Crippen LogP contribution in [0.4, 0.5) is 5.69 Å². The number of aromatic nitrogens is 3. The lowest BCUT2D eigenvalue weighted by Gasteiger charge is -2.10. The lowest BCUT2D eigenvalue weighted by molar-refractivity contribution is 0.753. The highest BCUT2D eigenvalue weighted by molar-refractivity contribution is 6.08. The van der Waals surface area contributed by atoms with Crippen molar-refractivity contribution in [3.05, 3.63) is 70.9 Å². The van der Waals surface area contributed by atoms with Crippen LogP contribution in [-0.2, 0) is 13.1 Å². The first kappa shape index (κ1) is 14.5. The Morgan fingerprint density at radius 1 is 1.08 bits per heavy atom. The van der Waals surface area contributed by atoms with Crippen LogP contribution in [0.2, 0.25) is 0 Å². The Morgan fingerprint density at radius 2 is 1.92 bits per heavy atom. The van der Waals surface area contributed by atoms with Gasteiger partial charge >= 0.3 is 5.69 Å². The summed E-state index contributed by atoms with van der Waals surface area (Å²) in [6, 6.07) is 14.2. The van der Waals surface area contributed by atoms with Crippen LogP contribution in [0.15, 0.2) is 59.7 Å². The van der Waals surface area contributed by atoms with E-state index < -0.39 is 0 Å². The van der Waals surface area contributed by atoms with E-state index in [1.807, 2.05) is 37.3 Å². The van der Waals surface area contributed by atoms with Crippen LogP contribution in [0.5, 0.6) is 0 Å². The molecule has 2 N–H and O–H groups in total. The van der Waals surface area contributed by atoms with Gasteiger partial charge in [-0.25, -0.2) is 4.79 Å². The van der Waals surface area contributed by atoms with E-state index in [0.717, 1.165) is 34.0 Å². The normalized spacial score (nSPS) is 11.2. The first-order chi connectivity index (χ1) is 11.8. The highest BCUT2D eigenvalue weighted by Gasteiger charge is 2.10. The summed E-state index contributed by atoms with van der Waals surface area (Å²) in [6.45, 7) is 3.36. The molecule has 0 atom stereocenters. The highest BCUT2D eigenvalue weighted by atomic mass is 16.1. The zero-order valence-electron chi connectivity index (χ0n) is 13.4. The quantitative estimate of drug-likeness (QED) is 0.605. The molecule has 0 fully saturated rings. The molecular formula is C19H18N4O. The topological polar surface area (TPSA) is 62.7 Å². The van der Waals surface area contributed by atoms with Gasteiger partial charge in [0.25, 0.3) is 0 Å². The Balaban J connectivity index is 1.80. The lowest BCUT2D eigenvalue weighted by atomic mass is 10.1. The second-order valence-corrected chi connectivity index (χ2v) is 5.74. The fourth-order valence-electron chi connectivity index (χ4n) is 3.15. The van der Waals surface area contributed by atoms with E-state index in [2.05, 4.69) is 27.4 Å². The Kier molecular flexibility index (Phi) is 3.54. The molecule has 0 spiro atoms. The van der Waals surface area contributed by atoms with Crippen LogP contribution >= 0.6 is 0 Å². The maximum Gasteiger partial charge on any atom is 0.326 e. The molecule has 5 heteroatoms. The van der Waals surface area contributed by atoms with Gasteiger partial charge in [0.2, 0.25) is 0 Å². The molecule has 0 bridgehead atoms. The van der Waals surface area contributed by atoms with E-state index >= 15 is 0 Å². The number of rotatable bonds is 4. The van der Waals surface area contributed by atoms with Gasteiger partial charge in [-0.3, -0.25) is 9.55 Å². The summed E-state index contributed by atoms with van der Waals surface area (Å²) in [5, 5.41) is 5.63. The van der Waals surface area contributed by atoms with Crippen LogP contribution in [0.1, 0.15) is 12.5 Å². The maximum absolute atomic E-state index is 12.1. The number of nitrogens with one attached hydrogen (secondary N) is 2. The molecule has 0 saturated carbocycles. The van der Waals surface area contributed by atoms with Crippen molar-refractivity contribution in [1.29, 1.82) is 0 Å². The summed E-state index contributed by atoms with van der Waals surface area (Å²) < 4.78 is 1.76. The van der Waals surface area contributed by atoms with E-state index in [9.17, 15) is 4.79 Å². The fraction of sp³-hybridized carbons (Fsp3) is 0.158. The molecule has 0 unspecified atom stereocenters. The largest absolute Gasteiger partial charge is 0.380 e. The Hall–Kier alpha value is -3.08. The number of nitrogens with zero attached hydrogens (tertiary/aromatic N) is 2. The number of hydrogen-bond acceptors (Lipinski definition) is 3. The standard InChI is InChI=1S/C19H18N4O/c1-2-23-17-7-6-14-15(18(17)22-19(23)24)4-3-5-16(14)21-12-13-8-10-20-11-9-13/h3-11,21H,2,12H2,1H3,(H,22,24). The molecule has 5 nitrogen and oxygen atoms in total. The Morgan fingerprint density at radius 3 is 2.71 bits per heavy atom. The summed E-state index contributed by atoms with van der Waals surface area (Å²) >= 11 is 0. The SMILES string of the molecule is CCn1c(=O)[nH]c2c3cccc(NCc4ccncc4)c3ccc21. The van der Waals surface area contributed by atoms with Gasteiger partial charge in [0.05, 0.1) is 11.0 Å². The third-order valence-electron chi connectivity index (χ3n) is 4.36. The minimum Gasteiger partial charge on any atom is -0.380 e. The second-order valence-electron chi connectivity index (χ2n) is 5.74. The number of aromatic amines is 1. The highest BCUT2D eigenvalue weighted by Crippen LogP contribution is 2.29. The van der Waals surface area contributed by atoms with E-state index in [4.69, 9.17) is 0 Å². The van der Waals surface area contributed by atoms with Crippen molar-refractivity contribution >= 4 is 27.5 Å². The van der Waals surface area contributed by atoms with Crippen molar-refractivity contribution in [3.8, 4) is 0 Å². The first-order valence-corrected chi connectivity index (χ1v) is 8.05. The zero-order chi connectivity index (χ0) is 16.5. The van der Waals surface area contributed by atoms with Gasteiger partial charge in [-0.1, -0.05) is 18.2 Å². The molecule has 2 aromatic carbocycles. The van der Waals surface area contributed by atoms with Gasteiger partial charge in [-0.2, -0.15) is 0 Å². The molecule has 0 radical (unpaired) electrons. The summed E-state index contributed by atoms with van der Waals surface area (Å²) in [5.74, 6) is 0. The van der Waals surface area contributed by atoms with Gasteiger partial charge in [-0.15, -0.1) is 0 Å². The number of pyridine rings is 1. The number of H-pyrrole nitrogens is 1. The number of hydrogen-bond donors (Lipinski definition) is 2. The fourth-order valence-corrected chi connectivity index (χ4v) is 3.15. The number of benzene rings is 2. The van der Waals surface area contributed by atoms with Gasteiger partial charge in [-0.05, 0) is 36.8 Å². The predicted molar refractivity (Wildman–Crippen MR) is 97.3 cm³/mol. The summed E-state index contributed by atoms with van der Waals surface area (Å²) in [6.07, 6.45) is 3.59. The second kappa shape index (κ2) is 5.85. The number of aryl methyl sites for hydroxylation is 1. The number of imidazole rings is 1. The molecule has 120 valence electrons. The smallest absolute Gasteiger partial charge is 0.326 e. The number of fused-ring (bicyclic) bond motifs is 3. The molecule has 0 aliphatic heterocycles. The van der Waals surface area contributed by atoms with Crippen molar-refractivity contribution in [2.45, 2.75) is 20.0 Å². The monoisotopic (exact) mass is 318 g/mol. The summed E-state index contributed by atoms with van der Waals surface area (Å²) in [4.78, 5) is 19.1. The van der Waals surface area contributed by atoms with Crippen LogP contribution in [-0.4, -0.2) is 14.5 Å². The van der Waals surface area contributed by atoms with Gasteiger partial charge in [0.1, 0.15) is 0 Å². The average Bonchev–Trinajstić information content (AvgIpc) is 2.96. The van der Waals surface area contributed by atoms with Gasteiger partial charge in [0, 0.05) is 41.9 Å². The third kappa shape index (κ3) is 2.34. The van der Waals surface area contributed by atoms with Crippen molar-refractivity contribution < 1.29 is 0 Å². The first-order valence-electron chi connectivity index (χ1n) is 8.05. The van der Waals surface area contributed by atoms with E-state index in [1.165, 1.54) is 5.56 Å². The average molecular weight is 318 g/mol. The van der Waals surface area contributed by atoms with Crippen molar-refractivity contribution in [2.24, 2.45) is 0 Å². The summed E-state index contributed by atoms with van der Waals surface area (Å²) in [5.41, 5.74) is 4.01. The maximum atomic E-state index is 12.1. The van der Waals surface area contributed by atoms with Crippen LogP contribution in [0, 0.1) is 0 Å². The molecular weight excluding hydrogens is 300 g/mol. The molecule has 2 heterocycles. The van der Waals surface area contributed by atoms with Crippen molar-refractivity contribution in [1.82, 2.24) is 14.5 Å². The zero-order valence-corrected chi connectivity index (χ0v) is 13.4. The van der Waals surface area contributed by atoms with E-state index in [0.29, 0.717) is 6.54 Å². The molecule has 4 aromatic rings. The summed E-state index contributed by atoms with van der Waals surface area (Å²) in [7, 11) is 0. The molecule has 0 aliphatic carbocycles. The molecule has 0 saturated heterocycles.